The van der Waals surface area contributed by atoms with Gasteiger partial charge >= 0.3 is 0 Å². The Morgan fingerprint density at radius 3 is 2.70 bits per heavy atom. The summed E-state index contributed by atoms with van der Waals surface area (Å²) in [5, 5.41) is 2.75. The Kier molecular flexibility index (Phi) is 6.49. The fraction of sp³-hybridized carbons (Fsp3) is 0.250. The highest BCUT2D eigenvalue weighted by atomic mass is 32.2. The van der Waals surface area contributed by atoms with Crippen molar-refractivity contribution in [1.82, 2.24) is 10.3 Å². The van der Waals surface area contributed by atoms with E-state index in [9.17, 15) is 13.6 Å². The number of alkyl halides is 2. The van der Waals surface area contributed by atoms with Gasteiger partial charge in [0, 0.05) is 19.9 Å². The van der Waals surface area contributed by atoms with Gasteiger partial charge in [-0.25, -0.2) is 4.98 Å². The standard InChI is InChI=1S/C16H16F2N2O2S/c1-22-10-12-6-3-2-5-11(12)9-20-14(21)13-7-4-8-19-15(13)23-16(17)18/h2-8,16H,9-10H2,1H3,(H,20,21). The molecule has 1 aromatic carbocycles. The summed E-state index contributed by atoms with van der Waals surface area (Å²) in [4.78, 5) is 16.1. The van der Waals surface area contributed by atoms with Gasteiger partial charge in [0.25, 0.3) is 11.7 Å². The molecule has 0 saturated heterocycles. The molecule has 0 aliphatic heterocycles. The van der Waals surface area contributed by atoms with Crippen molar-refractivity contribution >= 4 is 17.7 Å². The number of amides is 1. The number of hydrogen-bond donors (Lipinski definition) is 1. The maximum absolute atomic E-state index is 12.5. The van der Waals surface area contributed by atoms with Gasteiger partial charge in [-0.1, -0.05) is 24.3 Å². The summed E-state index contributed by atoms with van der Waals surface area (Å²) in [6, 6.07) is 10.6. The molecule has 1 aromatic heterocycles. The van der Waals surface area contributed by atoms with E-state index in [1.807, 2.05) is 24.3 Å². The Labute approximate surface area is 137 Å². The predicted molar refractivity (Wildman–Crippen MR) is 84.4 cm³/mol. The zero-order valence-electron chi connectivity index (χ0n) is 12.5. The summed E-state index contributed by atoms with van der Waals surface area (Å²) in [7, 11) is 1.60. The van der Waals surface area contributed by atoms with Gasteiger partial charge in [0.05, 0.1) is 12.2 Å². The number of nitrogens with zero attached hydrogens (tertiary/aromatic N) is 1. The van der Waals surface area contributed by atoms with Crippen molar-refractivity contribution in [2.75, 3.05) is 7.11 Å². The third-order valence-corrected chi connectivity index (χ3v) is 3.80. The van der Waals surface area contributed by atoms with Crippen LogP contribution in [0.1, 0.15) is 21.5 Å². The van der Waals surface area contributed by atoms with Gasteiger partial charge in [-0.3, -0.25) is 4.79 Å². The van der Waals surface area contributed by atoms with Crippen LogP contribution in [0.3, 0.4) is 0 Å². The van der Waals surface area contributed by atoms with E-state index in [1.54, 1.807) is 13.2 Å². The molecule has 0 spiro atoms. The number of aromatic nitrogens is 1. The first-order chi connectivity index (χ1) is 11.1. The number of methoxy groups -OCH3 is 1. The zero-order chi connectivity index (χ0) is 16.7. The van der Waals surface area contributed by atoms with Crippen molar-refractivity contribution < 1.29 is 18.3 Å². The number of pyridine rings is 1. The van der Waals surface area contributed by atoms with Crippen LogP contribution in [-0.2, 0) is 17.9 Å². The van der Waals surface area contributed by atoms with Crippen molar-refractivity contribution in [3.63, 3.8) is 0 Å². The van der Waals surface area contributed by atoms with Crippen molar-refractivity contribution in [1.29, 1.82) is 0 Å². The Bertz CT molecular complexity index is 668. The van der Waals surface area contributed by atoms with E-state index < -0.39 is 11.7 Å². The minimum atomic E-state index is -2.63. The summed E-state index contributed by atoms with van der Waals surface area (Å²) >= 11 is 0.261. The molecule has 2 aromatic rings. The molecule has 0 atom stereocenters. The minimum Gasteiger partial charge on any atom is -0.380 e. The van der Waals surface area contributed by atoms with E-state index in [4.69, 9.17) is 4.74 Å². The number of benzene rings is 1. The molecule has 0 aliphatic carbocycles. The third kappa shape index (κ3) is 5.01. The second-order valence-corrected chi connectivity index (χ2v) is 5.60. The number of nitrogens with one attached hydrogen (secondary N) is 1. The number of carbonyl (C=O) groups is 1. The zero-order valence-corrected chi connectivity index (χ0v) is 13.3. The van der Waals surface area contributed by atoms with Crippen molar-refractivity contribution in [3.05, 3.63) is 59.3 Å². The normalized spacial score (nSPS) is 10.8. The highest BCUT2D eigenvalue weighted by Gasteiger charge is 2.16. The van der Waals surface area contributed by atoms with Crippen LogP contribution >= 0.6 is 11.8 Å². The van der Waals surface area contributed by atoms with Crippen LogP contribution in [0.2, 0.25) is 0 Å². The Balaban J connectivity index is 2.09. The SMILES string of the molecule is COCc1ccccc1CNC(=O)c1cccnc1SC(F)F. The molecule has 0 aliphatic rings. The minimum absolute atomic E-state index is 0.0187. The van der Waals surface area contributed by atoms with E-state index >= 15 is 0 Å². The molecule has 1 heterocycles. The lowest BCUT2D eigenvalue weighted by Gasteiger charge is -2.11. The number of ether oxygens (including phenoxy) is 1. The van der Waals surface area contributed by atoms with Crippen LogP contribution in [0, 0.1) is 0 Å². The lowest BCUT2D eigenvalue weighted by molar-refractivity contribution is 0.0946. The molecular formula is C16H16F2N2O2S. The van der Waals surface area contributed by atoms with Gasteiger partial charge in [-0.15, -0.1) is 0 Å². The lowest BCUT2D eigenvalue weighted by atomic mass is 10.1. The molecule has 0 saturated carbocycles. The van der Waals surface area contributed by atoms with Crippen LogP contribution in [0.15, 0.2) is 47.6 Å². The van der Waals surface area contributed by atoms with Gasteiger partial charge in [-0.2, -0.15) is 8.78 Å². The number of halogens is 2. The first kappa shape index (κ1) is 17.4. The van der Waals surface area contributed by atoms with Crippen LogP contribution in [0.5, 0.6) is 0 Å². The van der Waals surface area contributed by atoms with Crippen LogP contribution in [0.4, 0.5) is 8.78 Å². The molecule has 2 rings (SSSR count). The summed E-state index contributed by atoms with van der Waals surface area (Å²) < 4.78 is 30.2. The van der Waals surface area contributed by atoms with Crippen LogP contribution in [0.25, 0.3) is 0 Å². The topological polar surface area (TPSA) is 51.2 Å². The molecule has 1 N–H and O–H groups in total. The van der Waals surface area contributed by atoms with Gasteiger partial charge in [0.1, 0.15) is 5.03 Å². The second kappa shape index (κ2) is 8.59. The summed E-state index contributed by atoms with van der Waals surface area (Å²) in [5.41, 5.74) is 2.01. The third-order valence-electron chi connectivity index (χ3n) is 3.07. The lowest BCUT2D eigenvalue weighted by Crippen LogP contribution is -2.24. The fourth-order valence-corrected chi connectivity index (χ4v) is 2.62. The quantitative estimate of drug-likeness (QED) is 0.786. The van der Waals surface area contributed by atoms with E-state index in [0.29, 0.717) is 6.61 Å². The van der Waals surface area contributed by atoms with Crippen molar-refractivity contribution in [2.24, 2.45) is 0 Å². The maximum Gasteiger partial charge on any atom is 0.290 e. The summed E-state index contributed by atoms with van der Waals surface area (Å²) in [6.45, 7) is 0.720. The first-order valence-electron chi connectivity index (χ1n) is 6.85. The molecule has 4 nitrogen and oxygen atoms in total. The number of rotatable bonds is 7. The maximum atomic E-state index is 12.5. The molecule has 23 heavy (non-hydrogen) atoms. The van der Waals surface area contributed by atoms with E-state index in [0.717, 1.165) is 11.1 Å². The largest absolute Gasteiger partial charge is 0.380 e. The number of carbonyl (C=O) groups excluding carboxylic acids is 1. The fourth-order valence-electron chi connectivity index (χ4n) is 2.04. The monoisotopic (exact) mass is 338 g/mol. The summed E-state index contributed by atoms with van der Waals surface area (Å²) in [5.74, 6) is -3.06. The highest BCUT2D eigenvalue weighted by Crippen LogP contribution is 2.26. The molecular weight excluding hydrogens is 322 g/mol. The van der Waals surface area contributed by atoms with Crippen molar-refractivity contribution in [2.45, 2.75) is 23.9 Å². The van der Waals surface area contributed by atoms with Gasteiger partial charge in [-0.05, 0) is 35.0 Å². The van der Waals surface area contributed by atoms with Crippen molar-refractivity contribution in [3.8, 4) is 0 Å². The predicted octanol–water partition coefficient (Wildman–Crippen LogP) is 3.47. The van der Waals surface area contributed by atoms with Gasteiger partial charge in [0.15, 0.2) is 0 Å². The molecule has 122 valence electrons. The van der Waals surface area contributed by atoms with E-state index in [-0.39, 0.29) is 28.9 Å². The average Bonchev–Trinajstić information content (AvgIpc) is 2.54. The molecule has 1 amide bonds. The molecule has 7 heteroatoms. The summed E-state index contributed by atoms with van der Waals surface area (Å²) in [6.07, 6.45) is 1.38. The van der Waals surface area contributed by atoms with E-state index in [1.165, 1.54) is 12.3 Å². The van der Waals surface area contributed by atoms with Gasteiger partial charge < -0.3 is 10.1 Å². The molecule has 0 bridgehead atoms. The smallest absolute Gasteiger partial charge is 0.290 e. The molecule has 0 fully saturated rings. The van der Waals surface area contributed by atoms with E-state index in [2.05, 4.69) is 10.3 Å². The Hall–Kier alpha value is -1.99. The average molecular weight is 338 g/mol. The Morgan fingerprint density at radius 2 is 2.00 bits per heavy atom. The number of hydrogen-bond acceptors (Lipinski definition) is 4. The molecule has 0 radical (unpaired) electrons. The highest BCUT2D eigenvalue weighted by molar-refractivity contribution is 7.99. The van der Waals surface area contributed by atoms with Crippen LogP contribution < -0.4 is 5.32 Å². The van der Waals surface area contributed by atoms with Gasteiger partial charge in [0.2, 0.25) is 0 Å². The molecule has 0 unspecified atom stereocenters. The Morgan fingerprint density at radius 1 is 1.26 bits per heavy atom. The second-order valence-electron chi connectivity index (χ2n) is 4.62. The number of thioether (sulfide) groups is 1. The van der Waals surface area contributed by atoms with Crippen LogP contribution in [-0.4, -0.2) is 23.8 Å². The first-order valence-corrected chi connectivity index (χ1v) is 7.73.